The van der Waals surface area contributed by atoms with Gasteiger partial charge in [-0.1, -0.05) is 12.1 Å². The van der Waals surface area contributed by atoms with E-state index < -0.39 is 10.0 Å². The van der Waals surface area contributed by atoms with Crippen molar-refractivity contribution in [3.8, 4) is 0 Å². The summed E-state index contributed by atoms with van der Waals surface area (Å²) in [6, 6.07) is 12.5. The molecule has 0 saturated heterocycles. The van der Waals surface area contributed by atoms with E-state index in [4.69, 9.17) is 0 Å². The maximum Gasteiger partial charge on any atom is 0.258 e. The summed E-state index contributed by atoms with van der Waals surface area (Å²) in [5, 5.41) is 0. The van der Waals surface area contributed by atoms with Crippen molar-refractivity contribution in [3.05, 3.63) is 59.2 Å². The smallest absolute Gasteiger partial charge is 0.258 e. The van der Waals surface area contributed by atoms with Crippen LogP contribution in [0.15, 0.2) is 42.5 Å². The van der Waals surface area contributed by atoms with E-state index in [2.05, 4.69) is 0 Å². The molecule has 0 spiro atoms. The molecule has 2 rings (SSSR count). The van der Waals surface area contributed by atoms with Crippen molar-refractivity contribution in [2.75, 3.05) is 29.1 Å². The van der Waals surface area contributed by atoms with E-state index in [0.29, 0.717) is 11.3 Å². The van der Waals surface area contributed by atoms with Crippen LogP contribution < -0.4 is 9.21 Å². The van der Waals surface area contributed by atoms with Crippen molar-refractivity contribution < 1.29 is 13.2 Å². The number of amides is 1. The molecule has 0 atom stereocenters. The highest BCUT2D eigenvalue weighted by Gasteiger charge is 2.19. The van der Waals surface area contributed by atoms with Gasteiger partial charge in [0.05, 0.1) is 11.4 Å². The summed E-state index contributed by atoms with van der Waals surface area (Å²) >= 11 is 0. The Labute approximate surface area is 149 Å². The minimum Gasteiger partial charge on any atom is -0.311 e. The van der Waals surface area contributed by atoms with Crippen LogP contribution in [0.4, 0.5) is 11.4 Å². The number of hydrogen-bond acceptors (Lipinski definition) is 3. The van der Waals surface area contributed by atoms with Crippen LogP contribution in [0.1, 0.15) is 28.4 Å². The standard InChI is InChI=1S/C19H24N2O3S/c1-6-25(23,24)21(5)18-9-7-8-16(13-18)19(22)20(4)17-11-10-14(2)15(3)12-17/h7-13H,6H2,1-5H3. The molecule has 0 radical (unpaired) electrons. The highest BCUT2D eigenvalue weighted by atomic mass is 32.2. The molecule has 0 N–H and O–H groups in total. The number of nitrogens with zero attached hydrogens (tertiary/aromatic N) is 2. The second-order valence-corrected chi connectivity index (χ2v) is 8.34. The SMILES string of the molecule is CCS(=O)(=O)N(C)c1cccc(C(=O)N(C)c2ccc(C)c(C)c2)c1. The zero-order chi connectivity index (χ0) is 18.8. The van der Waals surface area contributed by atoms with Gasteiger partial charge in [-0.2, -0.15) is 0 Å². The molecular formula is C19H24N2O3S. The van der Waals surface area contributed by atoms with Crippen LogP contribution in [0.5, 0.6) is 0 Å². The normalized spacial score (nSPS) is 11.2. The minimum atomic E-state index is -3.37. The first-order valence-corrected chi connectivity index (χ1v) is 9.70. The molecule has 5 nitrogen and oxygen atoms in total. The van der Waals surface area contributed by atoms with E-state index in [-0.39, 0.29) is 11.7 Å². The number of aryl methyl sites for hydroxylation is 2. The Kier molecular flexibility index (Phi) is 5.52. The summed E-state index contributed by atoms with van der Waals surface area (Å²) in [6.45, 7) is 5.62. The molecule has 0 saturated carbocycles. The zero-order valence-electron chi connectivity index (χ0n) is 15.3. The lowest BCUT2D eigenvalue weighted by molar-refractivity contribution is 0.0993. The Morgan fingerprint density at radius 1 is 0.960 bits per heavy atom. The van der Waals surface area contributed by atoms with Gasteiger partial charge in [-0.25, -0.2) is 8.42 Å². The Balaban J connectivity index is 2.33. The van der Waals surface area contributed by atoms with Crippen molar-refractivity contribution in [2.24, 2.45) is 0 Å². The molecule has 0 bridgehead atoms. The third-order valence-corrected chi connectivity index (χ3v) is 6.20. The zero-order valence-corrected chi connectivity index (χ0v) is 16.1. The van der Waals surface area contributed by atoms with E-state index in [0.717, 1.165) is 16.8 Å². The molecule has 0 aliphatic heterocycles. The van der Waals surface area contributed by atoms with Gasteiger partial charge in [-0.05, 0) is 62.2 Å². The Morgan fingerprint density at radius 2 is 1.64 bits per heavy atom. The summed E-state index contributed by atoms with van der Waals surface area (Å²) in [5.41, 5.74) is 3.99. The van der Waals surface area contributed by atoms with Gasteiger partial charge in [0.1, 0.15) is 0 Å². The van der Waals surface area contributed by atoms with Crippen LogP contribution >= 0.6 is 0 Å². The van der Waals surface area contributed by atoms with Crippen LogP contribution in [0.25, 0.3) is 0 Å². The molecule has 0 aromatic heterocycles. The summed E-state index contributed by atoms with van der Waals surface area (Å²) in [7, 11) is -0.159. The lowest BCUT2D eigenvalue weighted by Gasteiger charge is -2.21. The minimum absolute atomic E-state index is 0.00419. The molecule has 0 aliphatic carbocycles. The predicted molar refractivity (Wildman–Crippen MR) is 103 cm³/mol. The number of benzene rings is 2. The Bertz CT molecular complexity index is 891. The largest absolute Gasteiger partial charge is 0.311 e. The number of hydrogen-bond donors (Lipinski definition) is 0. The lowest BCUT2D eigenvalue weighted by Crippen LogP contribution is -2.29. The molecule has 0 fully saturated rings. The van der Waals surface area contributed by atoms with Crippen LogP contribution in [0, 0.1) is 13.8 Å². The van der Waals surface area contributed by atoms with Gasteiger partial charge in [0.15, 0.2) is 0 Å². The fourth-order valence-electron chi connectivity index (χ4n) is 2.43. The molecule has 25 heavy (non-hydrogen) atoms. The van der Waals surface area contributed by atoms with Crippen molar-refractivity contribution in [1.82, 2.24) is 0 Å². The van der Waals surface area contributed by atoms with E-state index in [1.807, 2.05) is 32.0 Å². The van der Waals surface area contributed by atoms with Crippen LogP contribution in [-0.2, 0) is 10.0 Å². The molecule has 134 valence electrons. The molecule has 2 aromatic rings. The molecule has 0 aliphatic rings. The maximum absolute atomic E-state index is 12.8. The molecule has 1 amide bonds. The van der Waals surface area contributed by atoms with Gasteiger partial charge >= 0.3 is 0 Å². The first-order valence-electron chi connectivity index (χ1n) is 8.09. The van der Waals surface area contributed by atoms with Gasteiger partial charge in [0.2, 0.25) is 10.0 Å². The Morgan fingerprint density at radius 3 is 2.24 bits per heavy atom. The maximum atomic E-state index is 12.8. The third-order valence-electron chi connectivity index (χ3n) is 4.42. The molecule has 0 unspecified atom stereocenters. The van der Waals surface area contributed by atoms with Crippen molar-refractivity contribution in [3.63, 3.8) is 0 Å². The van der Waals surface area contributed by atoms with Crippen LogP contribution in [-0.4, -0.2) is 34.2 Å². The van der Waals surface area contributed by atoms with Crippen molar-refractivity contribution >= 4 is 27.3 Å². The summed E-state index contributed by atoms with van der Waals surface area (Å²) < 4.78 is 25.3. The van der Waals surface area contributed by atoms with Crippen molar-refractivity contribution in [2.45, 2.75) is 20.8 Å². The van der Waals surface area contributed by atoms with Gasteiger partial charge in [-0.3, -0.25) is 9.10 Å². The third kappa shape index (κ3) is 4.02. The fraction of sp³-hybridized carbons (Fsp3) is 0.316. The monoisotopic (exact) mass is 360 g/mol. The van der Waals surface area contributed by atoms with Gasteiger partial charge in [-0.15, -0.1) is 0 Å². The number of rotatable bonds is 5. The van der Waals surface area contributed by atoms with Gasteiger partial charge < -0.3 is 4.90 Å². The van der Waals surface area contributed by atoms with E-state index in [1.54, 1.807) is 43.1 Å². The second kappa shape index (κ2) is 7.27. The summed E-state index contributed by atoms with van der Waals surface area (Å²) in [5.74, 6) is -0.183. The van der Waals surface area contributed by atoms with Gasteiger partial charge in [0, 0.05) is 25.3 Å². The number of anilines is 2. The first-order chi connectivity index (χ1) is 11.7. The van der Waals surface area contributed by atoms with Crippen molar-refractivity contribution in [1.29, 1.82) is 0 Å². The van der Waals surface area contributed by atoms with E-state index in [9.17, 15) is 13.2 Å². The average Bonchev–Trinajstić information content (AvgIpc) is 2.62. The fourth-order valence-corrected chi connectivity index (χ4v) is 3.26. The molecule has 6 heteroatoms. The number of sulfonamides is 1. The number of carbonyl (C=O) groups is 1. The second-order valence-electron chi connectivity index (χ2n) is 6.05. The van der Waals surface area contributed by atoms with Gasteiger partial charge in [0.25, 0.3) is 5.91 Å². The van der Waals surface area contributed by atoms with E-state index >= 15 is 0 Å². The highest BCUT2D eigenvalue weighted by molar-refractivity contribution is 7.92. The predicted octanol–water partition coefficient (Wildman–Crippen LogP) is 3.37. The lowest BCUT2D eigenvalue weighted by atomic mass is 10.1. The molecule has 2 aromatic carbocycles. The molecular weight excluding hydrogens is 336 g/mol. The summed E-state index contributed by atoms with van der Waals surface area (Å²) in [6.07, 6.45) is 0. The van der Waals surface area contributed by atoms with Crippen LogP contribution in [0.2, 0.25) is 0 Å². The van der Waals surface area contributed by atoms with Crippen LogP contribution in [0.3, 0.4) is 0 Å². The highest BCUT2D eigenvalue weighted by Crippen LogP contribution is 2.22. The van der Waals surface area contributed by atoms with E-state index in [1.165, 1.54) is 11.4 Å². The Hall–Kier alpha value is -2.34. The summed E-state index contributed by atoms with van der Waals surface area (Å²) in [4.78, 5) is 14.4. The number of carbonyl (C=O) groups excluding carboxylic acids is 1. The quantitative estimate of drug-likeness (QED) is 0.821. The molecule has 0 heterocycles. The average molecular weight is 360 g/mol. The topological polar surface area (TPSA) is 57.7 Å². The first kappa shape index (κ1) is 19.0.